The van der Waals surface area contributed by atoms with E-state index in [1.807, 2.05) is 0 Å². The Balaban J connectivity index is 3.26. The maximum atomic E-state index is 12.7. The third-order valence-electron chi connectivity index (χ3n) is 1.39. The molecule has 1 aliphatic rings. The van der Waals surface area contributed by atoms with E-state index in [0.29, 0.717) is 0 Å². The van der Waals surface area contributed by atoms with Gasteiger partial charge in [-0.1, -0.05) is 0 Å². The molecule has 0 amide bonds. The molecule has 0 aromatic rings. The summed E-state index contributed by atoms with van der Waals surface area (Å²) in [6.07, 6.45) is 1.04. The molecule has 0 bridgehead atoms. The normalized spacial score (nSPS) is 19.4. The van der Waals surface area contributed by atoms with Gasteiger partial charge in [-0.25, -0.2) is 17.2 Å². The number of rotatable bonds is 1. The van der Waals surface area contributed by atoms with Crippen molar-refractivity contribution < 1.29 is 17.2 Å². The van der Waals surface area contributed by atoms with Gasteiger partial charge in [0.05, 0.1) is 0 Å². The van der Waals surface area contributed by atoms with Crippen molar-refractivity contribution in [1.29, 1.82) is 0 Å². The molecule has 0 N–H and O–H groups in total. The lowest BCUT2D eigenvalue weighted by Crippen LogP contribution is -2.02. The largest absolute Gasteiger partial charge is 0.266 e. The van der Waals surface area contributed by atoms with Gasteiger partial charge in [0.25, 0.3) is 9.05 Å². The molecular weight excluding hydrogens is 210 g/mol. The molecule has 0 radical (unpaired) electrons. The molecule has 68 valence electrons. The Kier molecular flexibility index (Phi) is 2.53. The highest BCUT2D eigenvalue weighted by atomic mass is 35.7. The van der Waals surface area contributed by atoms with Gasteiger partial charge in [-0.15, -0.1) is 0 Å². The van der Waals surface area contributed by atoms with Crippen LogP contribution in [0.15, 0.2) is 22.6 Å². The first-order valence-electron chi connectivity index (χ1n) is 3.12. The molecule has 0 heterocycles. The maximum Gasteiger partial charge on any atom is 0.266 e. The van der Waals surface area contributed by atoms with Crippen LogP contribution >= 0.6 is 10.7 Å². The molecule has 6 heteroatoms. The fourth-order valence-corrected chi connectivity index (χ4v) is 2.07. The van der Waals surface area contributed by atoms with Crippen molar-refractivity contribution in [3.05, 3.63) is 22.6 Å². The van der Waals surface area contributed by atoms with E-state index >= 15 is 0 Å². The standard InChI is InChI=1S/C6H5ClF2O2S/c7-12(10,11)6-4(8)2-1-3-5(6)9/h2H,1,3H2. The van der Waals surface area contributed by atoms with Crippen LogP contribution in [0.25, 0.3) is 0 Å². The molecule has 12 heavy (non-hydrogen) atoms. The van der Waals surface area contributed by atoms with Crippen LogP contribution in [0.2, 0.25) is 0 Å². The Morgan fingerprint density at radius 2 is 2.00 bits per heavy atom. The smallest absolute Gasteiger partial charge is 0.210 e. The summed E-state index contributed by atoms with van der Waals surface area (Å²) in [5.41, 5.74) is 0. The quantitative estimate of drug-likeness (QED) is 0.628. The summed E-state index contributed by atoms with van der Waals surface area (Å²) in [6, 6.07) is 0. The van der Waals surface area contributed by atoms with E-state index in [1.54, 1.807) is 0 Å². The van der Waals surface area contributed by atoms with Crippen LogP contribution in [0, 0.1) is 0 Å². The van der Waals surface area contributed by atoms with Crippen LogP contribution in [0.4, 0.5) is 8.78 Å². The molecule has 0 aromatic heterocycles. The van der Waals surface area contributed by atoms with E-state index in [4.69, 9.17) is 10.7 Å². The summed E-state index contributed by atoms with van der Waals surface area (Å²) < 4.78 is 46.6. The molecule has 0 spiro atoms. The molecule has 0 unspecified atom stereocenters. The van der Waals surface area contributed by atoms with E-state index in [2.05, 4.69) is 0 Å². The highest BCUT2D eigenvalue weighted by Crippen LogP contribution is 2.32. The summed E-state index contributed by atoms with van der Waals surface area (Å²) in [6.45, 7) is 0. The summed E-state index contributed by atoms with van der Waals surface area (Å²) in [7, 11) is 0.505. The van der Waals surface area contributed by atoms with E-state index in [-0.39, 0.29) is 12.8 Å². The van der Waals surface area contributed by atoms with Gasteiger partial charge in [0.1, 0.15) is 16.6 Å². The molecule has 0 saturated carbocycles. The highest BCUT2D eigenvalue weighted by molar-refractivity contribution is 8.17. The lowest BCUT2D eigenvalue weighted by molar-refractivity contribution is 0.546. The topological polar surface area (TPSA) is 34.1 Å². The third kappa shape index (κ3) is 1.84. The monoisotopic (exact) mass is 214 g/mol. The fraction of sp³-hybridized carbons (Fsp3) is 0.333. The van der Waals surface area contributed by atoms with Crippen LogP contribution in [0.3, 0.4) is 0 Å². The molecule has 0 atom stereocenters. The number of hydrogen-bond acceptors (Lipinski definition) is 2. The van der Waals surface area contributed by atoms with Gasteiger partial charge in [-0.05, 0) is 12.5 Å². The average molecular weight is 215 g/mol. The zero-order valence-corrected chi connectivity index (χ0v) is 7.42. The molecule has 2 nitrogen and oxygen atoms in total. The number of hydrogen-bond donors (Lipinski definition) is 0. The minimum absolute atomic E-state index is 0.116. The Morgan fingerprint density at radius 3 is 2.33 bits per heavy atom. The van der Waals surface area contributed by atoms with Crippen molar-refractivity contribution >= 4 is 19.7 Å². The lowest BCUT2D eigenvalue weighted by atomic mass is 10.2. The van der Waals surface area contributed by atoms with E-state index < -0.39 is 25.6 Å². The second-order valence-corrected chi connectivity index (χ2v) is 4.77. The van der Waals surface area contributed by atoms with Gasteiger partial charge in [0.15, 0.2) is 0 Å². The predicted molar refractivity (Wildman–Crippen MR) is 41.3 cm³/mol. The van der Waals surface area contributed by atoms with Crippen LogP contribution in [-0.4, -0.2) is 8.42 Å². The Bertz CT molecular complexity index is 356. The van der Waals surface area contributed by atoms with Crippen molar-refractivity contribution in [3.63, 3.8) is 0 Å². The van der Waals surface area contributed by atoms with Gasteiger partial charge in [-0.3, -0.25) is 0 Å². The van der Waals surface area contributed by atoms with Gasteiger partial charge >= 0.3 is 0 Å². The minimum Gasteiger partial charge on any atom is -0.210 e. The van der Waals surface area contributed by atoms with Gasteiger partial charge in [0, 0.05) is 17.1 Å². The van der Waals surface area contributed by atoms with Gasteiger partial charge in [0.2, 0.25) is 0 Å². The van der Waals surface area contributed by atoms with Crippen molar-refractivity contribution in [2.45, 2.75) is 12.8 Å². The highest BCUT2D eigenvalue weighted by Gasteiger charge is 2.26. The summed E-state index contributed by atoms with van der Waals surface area (Å²) in [5.74, 6) is -2.11. The summed E-state index contributed by atoms with van der Waals surface area (Å²) in [5, 5.41) is 0. The fourth-order valence-electron chi connectivity index (χ4n) is 0.910. The van der Waals surface area contributed by atoms with Gasteiger partial charge < -0.3 is 0 Å². The van der Waals surface area contributed by atoms with Crippen LogP contribution < -0.4 is 0 Å². The maximum absolute atomic E-state index is 12.7. The molecule has 0 saturated heterocycles. The SMILES string of the molecule is O=S(=O)(Cl)C1=C(F)CCC=C1F. The zero-order chi connectivity index (χ0) is 9.35. The Morgan fingerprint density at radius 1 is 1.42 bits per heavy atom. The van der Waals surface area contributed by atoms with E-state index in [9.17, 15) is 17.2 Å². The number of allylic oxidation sites excluding steroid dienone is 3. The van der Waals surface area contributed by atoms with Crippen LogP contribution in [0.5, 0.6) is 0 Å². The zero-order valence-electron chi connectivity index (χ0n) is 5.85. The molecule has 1 rings (SSSR count). The first kappa shape index (κ1) is 9.67. The van der Waals surface area contributed by atoms with Crippen molar-refractivity contribution in [2.24, 2.45) is 0 Å². The van der Waals surface area contributed by atoms with Crippen molar-refractivity contribution in [3.8, 4) is 0 Å². The van der Waals surface area contributed by atoms with Crippen molar-refractivity contribution in [1.82, 2.24) is 0 Å². The first-order valence-corrected chi connectivity index (χ1v) is 5.43. The second-order valence-electron chi connectivity index (χ2n) is 2.26. The van der Waals surface area contributed by atoms with E-state index in [1.165, 1.54) is 0 Å². The third-order valence-corrected chi connectivity index (χ3v) is 2.76. The summed E-state index contributed by atoms with van der Waals surface area (Å²) in [4.78, 5) is -1.02. The molecular formula is C6H5ClF2O2S. The second kappa shape index (κ2) is 3.14. The average Bonchev–Trinajstić information content (AvgIpc) is 1.82. The minimum atomic E-state index is -4.29. The molecule has 1 aliphatic carbocycles. The molecule has 0 aromatic carbocycles. The van der Waals surface area contributed by atoms with Crippen LogP contribution in [0.1, 0.15) is 12.8 Å². The number of halogens is 3. The molecule has 0 fully saturated rings. The summed E-state index contributed by atoms with van der Waals surface area (Å²) >= 11 is 0. The van der Waals surface area contributed by atoms with Crippen molar-refractivity contribution in [2.75, 3.05) is 0 Å². The lowest BCUT2D eigenvalue weighted by Gasteiger charge is -2.07. The van der Waals surface area contributed by atoms with E-state index in [0.717, 1.165) is 6.08 Å². The van der Waals surface area contributed by atoms with Gasteiger partial charge in [-0.2, -0.15) is 0 Å². The first-order chi connectivity index (χ1) is 5.43. The Hall–Kier alpha value is -0.420. The van der Waals surface area contributed by atoms with Crippen LogP contribution in [-0.2, 0) is 9.05 Å². The Labute approximate surface area is 72.9 Å². The molecule has 0 aliphatic heterocycles. The predicted octanol–water partition coefficient (Wildman–Crippen LogP) is 2.38.